The molecule has 0 amide bonds. The van der Waals surface area contributed by atoms with Gasteiger partial charge in [0.15, 0.2) is 0 Å². The molecule has 1 atom stereocenters. The number of hydrogen-bond donors (Lipinski definition) is 0. The van der Waals surface area contributed by atoms with E-state index in [-0.39, 0.29) is 18.2 Å². The molecule has 0 spiro atoms. The molecule has 106 valence electrons. The molecule has 0 saturated carbocycles. The van der Waals surface area contributed by atoms with E-state index in [0.29, 0.717) is 17.7 Å². The zero-order valence-corrected chi connectivity index (χ0v) is 11.8. The highest BCUT2D eigenvalue weighted by atomic mass is 32.2. The number of sulfonamides is 1. The van der Waals surface area contributed by atoms with Crippen LogP contribution in [-0.2, 0) is 20.6 Å². The lowest BCUT2D eigenvalue weighted by Crippen LogP contribution is -2.40. The van der Waals surface area contributed by atoms with Crippen LogP contribution in [0.15, 0.2) is 24.3 Å². The molecule has 1 saturated heterocycles. The molecule has 1 aliphatic heterocycles. The number of carbonyl (C=O) groups excluding carboxylic acids is 1. The van der Waals surface area contributed by atoms with E-state index in [1.54, 1.807) is 24.3 Å². The van der Waals surface area contributed by atoms with Crippen LogP contribution in [0.5, 0.6) is 0 Å². The van der Waals surface area contributed by atoms with Crippen molar-refractivity contribution in [1.82, 2.24) is 4.31 Å². The summed E-state index contributed by atoms with van der Waals surface area (Å²) in [4.78, 5) is 10.8. The van der Waals surface area contributed by atoms with Gasteiger partial charge in [-0.05, 0) is 30.5 Å². The topological polar surface area (TPSA) is 78.2 Å². The number of hydrogen-bond acceptors (Lipinski definition) is 4. The molecule has 1 aromatic carbocycles. The maximum atomic E-state index is 12.3. The summed E-state index contributed by atoms with van der Waals surface area (Å²) in [6.45, 7) is 0.755. The Hall–Kier alpha value is -1.71. The van der Waals surface area contributed by atoms with Crippen molar-refractivity contribution in [2.75, 3.05) is 13.1 Å². The molecule has 20 heavy (non-hydrogen) atoms. The van der Waals surface area contributed by atoms with E-state index in [1.165, 1.54) is 4.31 Å². The molecule has 1 aromatic rings. The molecule has 0 aromatic heterocycles. The number of nitrogens with zero attached hydrogens (tertiary/aromatic N) is 2. The number of nitriles is 1. The van der Waals surface area contributed by atoms with Crippen molar-refractivity contribution in [2.45, 2.75) is 18.6 Å². The Kier molecular flexibility index (Phi) is 4.53. The first-order chi connectivity index (χ1) is 9.55. The molecule has 0 N–H and O–H groups in total. The largest absolute Gasteiger partial charge is 0.303 e. The highest BCUT2D eigenvalue weighted by molar-refractivity contribution is 7.88. The third-order valence-corrected chi connectivity index (χ3v) is 5.26. The number of carbonyl (C=O) groups is 1. The summed E-state index contributed by atoms with van der Waals surface area (Å²) in [7, 11) is -3.41. The van der Waals surface area contributed by atoms with Crippen LogP contribution in [0.3, 0.4) is 0 Å². The molecule has 5 nitrogen and oxygen atoms in total. The van der Waals surface area contributed by atoms with Crippen molar-refractivity contribution >= 4 is 16.3 Å². The molecular weight excluding hydrogens is 276 g/mol. The fraction of sp³-hybridized carbons (Fsp3) is 0.429. The average Bonchev–Trinajstić information content (AvgIpc) is 2.48. The zero-order valence-electron chi connectivity index (χ0n) is 11.0. The van der Waals surface area contributed by atoms with Crippen LogP contribution in [0, 0.1) is 17.2 Å². The van der Waals surface area contributed by atoms with E-state index >= 15 is 0 Å². The second-order valence-corrected chi connectivity index (χ2v) is 6.93. The molecule has 1 unspecified atom stereocenters. The average molecular weight is 292 g/mol. The van der Waals surface area contributed by atoms with E-state index in [1.807, 2.05) is 6.07 Å². The van der Waals surface area contributed by atoms with Gasteiger partial charge >= 0.3 is 0 Å². The van der Waals surface area contributed by atoms with Crippen molar-refractivity contribution in [2.24, 2.45) is 5.92 Å². The van der Waals surface area contributed by atoms with Crippen LogP contribution in [0.25, 0.3) is 0 Å². The Morgan fingerprint density at radius 1 is 1.35 bits per heavy atom. The first-order valence-corrected chi connectivity index (χ1v) is 8.08. The van der Waals surface area contributed by atoms with Crippen LogP contribution in [0.2, 0.25) is 0 Å². The molecule has 0 aliphatic carbocycles. The smallest absolute Gasteiger partial charge is 0.218 e. The normalized spacial score (nSPS) is 20.2. The summed E-state index contributed by atoms with van der Waals surface area (Å²) < 4.78 is 26.0. The highest BCUT2D eigenvalue weighted by Crippen LogP contribution is 2.20. The molecule has 1 fully saturated rings. The number of benzene rings is 1. The summed E-state index contributed by atoms with van der Waals surface area (Å²) in [6.07, 6.45) is 2.31. The summed E-state index contributed by atoms with van der Waals surface area (Å²) >= 11 is 0. The Morgan fingerprint density at radius 2 is 2.05 bits per heavy atom. The number of piperidine rings is 1. The maximum Gasteiger partial charge on any atom is 0.218 e. The predicted octanol–water partition coefficient (Wildman–Crippen LogP) is 1.30. The second kappa shape index (κ2) is 6.16. The van der Waals surface area contributed by atoms with Gasteiger partial charge in [0.1, 0.15) is 6.29 Å². The van der Waals surface area contributed by atoms with E-state index in [4.69, 9.17) is 5.26 Å². The van der Waals surface area contributed by atoms with Crippen LogP contribution in [-0.4, -0.2) is 32.1 Å². The van der Waals surface area contributed by atoms with Crippen molar-refractivity contribution < 1.29 is 13.2 Å². The summed E-state index contributed by atoms with van der Waals surface area (Å²) in [6, 6.07) is 8.51. The molecule has 6 heteroatoms. The lowest BCUT2D eigenvalue weighted by atomic mass is 10.0. The number of aldehydes is 1. The molecule has 1 heterocycles. The van der Waals surface area contributed by atoms with Crippen molar-refractivity contribution in [3.63, 3.8) is 0 Å². The molecule has 0 radical (unpaired) electrons. The van der Waals surface area contributed by atoms with Gasteiger partial charge in [0, 0.05) is 19.0 Å². The molecular formula is C14H16N2O3S. The van der Waals surface area contributed by atoms with Crippen LogP contribution in [0.1, 0.15) is 24.0 Å². The highest BCUT2D eigenvalue weighted by Gasteiger charge is 2.28. The van der Waals surface area contributed by atoms with E-state index < -0.39 is 10.0 Å². The fourth-order valence-corrected chi connectivity index (χ4v) is 3.94. The summed E-state index contributed by atoms with van der Waals surface area (Å²) in [5.41, 5.74) is 1.15. The van der Waals surface area contributed by atoms with Gasteiger partial charge in [-0.1, -0.05) is 12.1 Å². The molecule has 0 bridgehead atoms. The van der Waals surface area contributed by atoms with Crippen LogP contribution < -0.4 is 0 Å². The quantitative estimate of drug-likeness (QED) is 0.784. The minimum absolute atomic E-state index is 0.0930. The molecule has 1 aliphatic rings. The Labute approximate surface area is 118 Å². The van der Waals surface area contributed by atoms with Gasteiger partial charge in [0.2, 0.25) is 10.0 Å². The zero-order chi connectivity index (χ0) is 14.6. The minimum atomic E-state index is -3.41. The van der Waals surface area contributed by atoms with E-state index in [0.717, 1.165) is 19.1 Å². The monoisotopic (exact) mass is 292 g/mol. The summed E-state index contributed by atoms with van der Waals surface area (Å²) in [5.74, 6) is -0.288. The first-order valence-electron chi connectivity index (χ1n) is 6.47. The lowest BCUT2D eigenvalue weighted by Gasteiger charge is -2.29. The fourth-order valence-electron chi connectivity index (χ4n) is 2.32. The Balaban J connectivity index is 2.10. The third-order valence-electron chi connectivity index (χ3n) is 3.44. The van der Waals surface area contributed by atoms with Gasteiger partial charge in [0.05, 0.1) is 17.4 Å². The Bertz CT molecular complexity index is 617. The van der Waals surface area contributed by atoms with Crippen LogP contribution in [0.4, 0.5) is 0 Å². The first kappa shape index (κ1) is 14.7. The standard InChI is InChI=1S/C14H16N2O3S/c15-8-12-3-5-13(6-4-12)11-20(18,19)16-7-1-2-14(9-16)10-17/h3-6,10,14H,1-2,7,9,11H2. The van der Waals surface area contributed by atoms with Gasteiger partial charge in [-0.25, -0.2) is 12.7 Å². The predicted molar refractivity (Wildman–Crippen MR) is 74.1 cm³/mol. The van der Waals surface area contributed by atoms with Gasteiger partial charge in [-0.15, -0.1) is 0 Å². The van der Waals surface area contributed by atoms with Crippen LogP contribution >= 0.6 is 0 Å². The molecule has 2 rings (SSSR count). The van der Waals surface area contributed by atoms with Crippen molar-refractivity contribution in [3.05, 3.63) is 35.4 Å². The van der Waals surface area contributed by atoms with E-state index in [9.17, 15) is 13.2 Å². The van der Waals surface area contributed by atoms with Gasteiger partial charge in [-0.3, -0.25) is 0 Å². The Morgan fingerprint density at radius 3 is 2.65 bits per heavy atom. The minimum Gasteiger partial charge on any atom is -0.303 e. The van der Waals surface area contributed by atoms with Crippen molar-refractivity contribution in [3.8, 4) is 6.07 Å². The third kappa shape index (κ3) is 3.44. The second-order valence-electron chi connectivity index (χ2n) is 4.96. The maximum absolute atomic E-state index is 12.3. The SMILES string of the molecule is N#Cc1ccc(CS(=O)(=O)N2CCCC(C=O)C2)cc1. The van der Waals surface area contributed by atoms with Gasteiger partial charge in [0.25, 0.3) is 0 Å². The lowest BCUT2D eigenvalue weighted by molar-refractivity contribution is -0.112. The van der Waals surface area contributed by atoms with Gasteiger partial charge < -0.3 is 4.79 Å². The van der Waals surface area contributed by atoms with E-state index in [2.05, 4.69) is 0 Å². The van der Waals surface area contributed by atoms with Crippen molar-refractivity contribution in [1.29, 1.82) is 5.26 Å². The number of rotatable bonds is 4. The summed E-state index contributed by atoms with van der Waals surface area (Å²) in [5, 5.41) is 8.71. The van der Waals surface area contributed by atoms with Gasteiger partial charge in [-0.2, -0.15) is 5.26 Å².